The average Bonchev–Trinajstić information content (AvgIpc) is 2.38. The van der Waals surface area contributed by atoms with Crippen LogP contribution in [0.3, 0.4) is 0 Å². The highest BCUT2D eigenvalue weighted by Crippen LogP contribution is 2.16. The van der Waals surface area contributed by atoms with Crippen LogP contribution in [0.4, 0.5) is 11.6 Å². The molecule has 100 valence electrons. The molecule has 0 saturated heterocycles. The number of hydrazine groups is 1. The minimum atomic E-state index is 0.624. The van der Waals surface area contributed by atoms with Crippen LogP contribution in [0, 0.1) is 13.8 Å². The SMILES string of the molecule is Cc1cccc(CN(C)c2cc(NN)nc(C)n2)c1. The number of nitrogens with one attached hydrogen (secondary N) is 1. The standard InChI is InChI=1S/C14H19N5/c1-10-5-4-6-12(7-10)9-19(3)14-8-13(18-15)16-11(2)17-14/h4-8H,9,15H2,1-3H3,(H,16,17,18). The van der Waals surface area contributed by atoms with Gasteiger partial charge in [-0.1, -0.05) is 29.8 Å². The van der Waals surface area contributed by atoms with E-state index in [1.54, 1.807) is 0 Å². The molecule has 1 aromatic carbocycles. The Hall–Kier alpha value is -2.14. The quantitative estimate of drug-likeness (QED) is 0.648. The minimum Gasteiger partial charge on any atom is -0.355 e. The second-order valence-corrected chi connectivity index (χ2v) is 4.65. The molecular formula is C14H19N5. The van der Waals surface area contributed by atoms with Gasteiger partial charge in [0, 0.05) is 19.7 Å². The second kappa shape index (κ2) is 5.67. The molecule has 2 aromatic rings. The highest BCUT2D eigenvalue weighted by molar-refractivity contribution is 5.48. The number of benzene rings is 1. The predicted octanol–water partition coefficient (Wildman–Crippen LogP) is 2.02. The van der Waals surface area contributed by atoms with Crippen LogP contribution >= 0.6 is 0 Å². The number of nitrogens with two attached hydrogens (primary N) is 1. The molecule has 5 nitrogen and oxygen atoms in total. The summed E-state index contributed by atoms with van der Waals surface area (Å²) in [4.78, 5) is 10.7. The van der Waals surface area contributed by atoms with Crippen molar-refractivity contribution >= 4 is 11.6 Å². The highest BCUT2D eigenvalue weighted by Gasteiger charge is 2.07. The fraction of sp³-hybridized carbons (Fsp3) is 0.286. The van der Waals surface area contributed by atoms with Crippen LogP contribution in [0.25, 0.3) is 0 Å². The van der Waals surface area contributed by atoms with Gasteiger partial charge in [-0.3, -0.25) is 0 Å². The van der Waals surface area contributed by atoms with Crippen LogP contribution in [0.5, 0.6) is 0 Å². The fourth-order valence-corrected chi connectivity index (χ4v) is 1.99. The summed E-state index contributed by atoms with van der Waals surface area (Å²) in [7, 11) is 2.00. The number of aryl methyl sites for hydroxylation is 2. The van der Waals surface area contributed by atoms with Crippen molar-refractivity contribution in [1.29, 1.82) is 0 Å². The third kappa shape index (κ3) is 3.42. The summed E-state index contributed by atoms with van der Waals surface area (Å²) in [5.41, 5.74) is 5.07. The van der Waals surface area contributed by atoms with Gasteiger partial charge < -0.3 is 10.3 Å². The molecule has 2 rings (SSSR count). The molecule has 1 aromatic heterocycles. The van der Waals surface area contributed by atoms with Gasteiger partial charge in [0.1, 0.15) is 17.5 Å². The lowest BCUT2D eigenvalue weighted by Gasteiger charge is -2.19. The topological polar surface area (TPSA) is 67.1 Å². The molecule has 3 N–H and O–H groups in total. The van der Waals surface area contributed by atoms with Gasteiger partial charge >= 0.3 is 0 Å². The van der Waals surface area contributed by atoms with Crippen molar-refractivity contribution in [1.82, 2.24) is 9.97 Å². The number of anilines is 2. The van der Waals surface area contributed by atoms with Crippen LogP contribution in [0.15, 0.2) is 30.3 Å². The van der Waals surface area contributed by atoms with Gasteiger partial charge in [0.2, 0.25) is 0 Å². The molecular weight excluding hydrogens is 238 g/mol. The third-order valence-corrected chi connectivity index (χ3v) is 2.87. The minimum absolute atomic E-state index is 0.624. The molecule has 0 aliphatic carbocycles. The van der Waals surface area contributed by atoms with E-state index >= 15 is 0 Å². The van der Waals surface area contributed by atoms with Gasteiger partial charge in [-0.2, -0.15) is 0 Å². The van der Waals surface area contributed by atoms with Crippen LogP contribution in [0.2, 0.25) is 0 Å². The first-order valence-electron chi connectivity index (χ1n) is 6.17. The zero-order chi connectivity index (χ0) is 13.8. The number of hydrogen-bond donors (Lipinski definition) is 2. The first kappa shape index (κ1) is 13.3. The number of nitrogen functional groups attached to an aromatic ring is 1. The molecule has 0 saturated carbocycles. The second-order valence-electron chi connectivity index (χ2n) is 4.65. The Balaban J connectivity index is 2.20. The van der Waals surface area contributed by atoms with Crippen molar-refractivity contribution in [3.8, 4) is 0 Å². The Morgan fingerprint density at radius 1 is 1.21 bits per heavy atom. The van der Waals surface area contributed by atoms with Gasteiger partial charge in [-0.15, -0.1) is 0 Å². The predicted molar refractivity (Wildman–Crippen MR) is 77.9 cm³/mol. The zero-order valence-electron chi connectivity index (χ0n) is 11.5. The summed E-state index contributed by atoms with van der Waals surface area (Å²) < 4.78 is 0. The molecule has 0 fully saturated rings. The Bertz CT molecular complexity index is 568. The van der Waals surface area contributed by atoms with Crippen molar-refractivity contribution in [2.75, 3.05) is 17.4 Å². The van der Waals surface area contributed by atoms with Gasteiger partial charge in [-0.25, -0.2) is 15.8 Å². The van der Waals surface area contributed by atoms with E-state index in [4.69, 9.17) is 5.84 Å². The third-order valence-electron chi connectivity index (χ3n) is 2.87. The number of hydrogen-bond acceptors (Lipinski definition) is 5. The highest BCUT2D eigenvalue weighted by atomic mass is 15.3. The number of rotatable bonds is 4. The largest absolute Gasteiger partial charge is 0.355 e. The molecule has 0 radical (unpaired) electrons. The van der Waals surface area contributed by atoms with E-state index in [-0.39, 0.29) is 0 Å². The Kier molecular flexibility index (Phi) is 3.97. The van der Waals surface area contributed by atoms with Crippen molar-refractivity contribution < 1.29 is 0 Å². The molecule has 0 aliphatic rings. The molecule has 19 heavy (non-hydrogen) atoms. The molecule has 0 spiro atoms. The number of aromatic nitrogens is 2. The molecule has 1 heterocycles. The van der Waals surface area contributed by atoms with Gasteiger partial charge in [0.25, 0.3) is 0 Å². The maximum atomic E-state index is 5.40. The molecule has 5 heteroatoms. The smallest absolute Gasteiger partial charge is 0.145 e. The van der Waals surface area contributed by atoms with Crippen molar-refractivity contribution in [3.63, 3.8) is 0 Å². The fourth-order valence-electron chi connectivity index (χ4n) is 1.99. The van der Waals surface area contributed by atoms with Crippen LogP contribution in [-0.4, -0.2) is 17.0 Å². The summed E-state index contributed by atoms with van der Waals surface area (Å²) in [6, 6.07) is 10.3. The Morgan fingerprint density at radius 3 is 2.68 bits per heavy atom. The summed E-state index contributed by atoms with van der Waals surface area (Å²) >= 11 is 0. The Labute approximate surface area is 113 Å². The van der Waals surface area contributed by atoms with E-state index in [2.05, 4.69) is 51.5 Å². The summed E-state index contributed by atoms with van der Waals surface area (Å²) in [5.74, 6) is 7.57. The molecule has 0 amide bonds. The molecule has 0 bridgehead atoms. The molecule has 0 atom stereocenters. The lowest BCUT2D eigenvalue weighted by atomic mass is 10.1. The van der Waals surface area contributed by atoms with Crippen molar-refractivity contribution in [3.05, 3.63) is 47.3 Å². The first-order chi connectivity index (χ1) is 9.08. The van der Waals surface area contributed by atoms with E-state index in [9.17, 15) is 0 Å². The van der Waals surface area contributed by atoms with Crippen LogP contribution in [-0.2, 0) is 6.54 Å². The lowest BCUT2D eigenvalue weighted by Crippen LogP contribution is -2.19. The summed E-state index contributed by atoms with van der Waals surface area (Å²) in [6.45, 7) is 4.74. The zero-order valence-corrected chi connectivity index (χ0v) is 11.5. The summed E-state index contributed by atoms with van der Waals surface area (Å²) in [5, 5.41) is 0. The molecule has 0 aliphatic heterocycles. The van der Waals surface area contributed by atoms with Gasteiger partial charge in [0.15, 0.2) is 0 Å². The van der Waals surface area contributed by atoms with Crippen molar-refractivity contribution in [2.24, 2.45) is 5.84 Å². The Morgan fingerprint density at radius 2 is 2.00 bits per heavy atom. The van der Waals surface area contributed by atoms with Crippen LogP contribution in [0.1, 0.15) is 17.0 Å². The average molecular weight is 257 g/mol. The van der Waals surface area contributed by atoms with Crippen LogP contribution < -0.4 is 16.2 Å². The maximum absolute atomic E-state index is 5.40. The van der Waals surface area contributed by atoms with E-state index < -0.39 is 0 Å². The normalized spacial score (nSPS) is 10.3. The van der Waals surface area contributed by atoms with Gasteiger partial charge in [0.05, 0.1) is 0 Å². The van der Waals surface area contributed by atoms with E-state index in [0.29, 0.717) is 11.6 Å². The van der Waals surface area contributed by atoms with E-state index in [1.807, 2.05) is 20.0 Å². The first-order valence-corrected chi connectivity index (χ1v) is 6.17. The molecule has 0 unspecified atom stereocenters. The lowest BCUT2D eigenvalue weighted by molar-refractivity contribution is 0.878. The monoisotopic (exact) mass is 257 g/mol. The number of nitrogens with zero attached hydrogens (tertiary/aromatic N) is 3. The summed E-state index contributed by atoms with van der Waals surface area (Å²) in [6.07, 6.45) is 0. The van der Waals surface area contributed by atoms with E-state index in [0.717, 1.165) is 12.4 Å². The van der Waals surface area contributed by atoms with Crippen molar-refractivity contribution in [2.45, 2.75) is 20.4 Å². The van der Waals surface area contributed by atoms with E-state index in [1.165, 1.54) is 11.1 Å². The van der Waals surface area contributed by atoms with Gasteiger partial charge in [-0.05, 0) is 19.4 Å². The maximum Gasteiger partial charge on any atom is 0.145 e.